The molecule has 2 nitrogen and oxygen atoms in total. The molecule has 2 atom stereocenters. The molecule has 1 aliphatic heterocycles. The van der Waals surface area contributed by atoms with Gasteiger partial charge in [0.15, 0.2) is 0 Å². The van der Waals surface area contributed by atoms with Crippen molar-refractivity contribution in [3.8, 4) is 5.75 Å². The van der Waals surface area contributed by atoms with Crippen LogP contribution in [0.4, 0.5) is 4.39 Å². The maximum absolute atomic E-state index is 14.3. The molecule has 0 saturated carbocycles. The highest BCUT2D eigenvalue weighted by atomic mass is 79.9. The van der Waals surface area contributed by atoms with Crippen molar-refractivity contribution in [2.75, 3.05) is 20.2 Å². The van der Waals surface area contributed by atoms with Crippen LogP contribution in [0.25, 0.3) is 0 Å². The number of halogens is 2. The van der Waals surface area contributed by atoms with Gasteiger partial charge in [0.2, 0.25) is 0 Å². The van der Waals surface area contributed by atoms with Crippen LogP contribution in [0.15, 0.2) is 22.7 Å². The fraction of sp³-hybridized carbons (Fsp3) is 0.571. The molecule has 1 heterocycles. The Morgan fingerprint density at radius 1 is 1.56 bits per heavy atom. The Kier molecular flexibility index (Phi) is 5.01. The molecule has 18 heavy (non-hydrogen) atoms. The molecule has 0 aliphatic carbocycles. The monoisotopic (exact) mass is 315 g/mol. The number of benzene rings is 1. The van der Waals surface area contributed by atoms with E-state index in [1.54, 1.807) is 7.11 Å². The minimum absolute atomic E-state index is 0.127. The molecule has 2 rings (SSSR count). The summed E-state index contributed by atoms with van der Waals surface area (Å²) < 4.78 is 20.6. The van der Waals surface area contributed by atoms with Gasteiger partial charge in [-0.25, -0.2) is 4.39 Å². The number of ether oxygens (including phenoxy) is 1. The summed E-state index contributed by atoms with van der Waals surface area (Å²) in [5.74, 6) is 0.895. The van der Waals surface area contributed by atoms with Crippen molar-refractivity contribution >= 4 is 15.9 Å². The maximum Gasteiger partial charge on any atom is 0.122 e. The summed E-state index contributed by atoms with van der Waals surface area (Å²) >= 11 is 3.42. The third kappa shape index (κ3) is 3.45. The summed E-state index contributed by atoms with van der Waals surface area (Å²) in [4.78, 5) is 0. The largest absolute Gasteiger partial charge is 0.496 e. The van der Waals surface area contributed by atoms with Gasteiger partial charge in [-0.15, -0.1) is 0 Å². The normalized spacial score (nSPS) is 21.6. The van der Waals surface area contributed by atoms with Gasteiger partial charge in [0.05, 0.1) is 7.11 Å². The molecule has 0 radical (unpaired) electrons. The summed E-state index contributed by atoms with van der Waals surface area (Å²) in [5, 5.41) is 3.26. The van der Waals surface area contributed by atoms with E-state index >= 15 is 0 Å². The molecule has 1 N–H and O–H groups in total. The van der Waals surface area contributed by atoms with Crippen molar-refractivity contribution in [1.29, 1.82) is 0 Å². The number of hydrogen-bond acceptors (Lipinski definition) is 2. The quantitative estimate of drug-likeness (QED) is 0.920. The molecular formula is C14H19BrFNO. The van der Waals surface area contributed by atoms with Crippen molar-refractivity contribution in [2.24, 2.45) is 5.92 Å². The average Bonchev–Trinajstić information content (AvgIpc) is 2.40. The van der Waals surface area contributed by atoms with Crippen molar-refractivity contribution in [2.45, 2.75) is 25.4 Å². The lowest BCUT2D eigenvalue weighted by Crippen LogP contribution is -2.35. The van der Waals surface area contributed by atoms with Gasteiger partial charge in [0.1, 0.15) is 11.9 Å². The average molecular weight is 316 g/mol. The van der Waals surface area contributed by atoms with Gasteiger partial charge < -0.3 is 10.1 Å². The highest BCUT2D eigenvalue weighted by molar-refractivity contribution is 9.10. The Balaban J connectivity index is 2.05. The highest BCUT2D eigenvalue weighted by Crippen LogP contribution is 2.28. The Morgan fingerprint density at radius 3 is 3.06 bits per heavy atom. The number of hydrogen-bond donors (Lipinski definition) is 1. The van der Waals surface area contributed by atoms with Crippen LogP contribution in [0, 0.1) is 5.92 Å². The van der Waals surface area contributed by atoms with Crippen LogP contribution < -0.4 is 10.1 Å². The van der Waals surface area contributed by atoms with E-state index in [0.717, 1.165) is 41.7 Å². The van der Waals surface area contributed by atoms with Crippen molar-refractivity contribution in [1.82, 2.24) is 5.32 Å². The Morgan fingerprint density at radius 2 is 2.39 bits per heavy atom. The first kappa shape index (κ1) is 13.8. The van der Waals surface area contributed by atoms with Crippen molar-refractivity contribution in [3.05, 3.63) is 28.2 Å². The second-order valence-corrected chi connectivity index (χ2v) is 5.70. The van der Waals surface area contributed by atoms with Gasteiger partial charge in [0.25, 0.3) is 0 Å². The van der Waals surface area contributed by atoms with Gasteiger partial charge in [0, 0.05) is 23.4 Å². The molecule has 1 aromatic rings. The highest BCUT2D eigenvalue weighted by Gasteiger charge is 2.24. The minimum atomic E-state index is -0.805. The van der Waals surface area contributed by atoms with Crippen LogP contribution in [-0.4, -0.2) is 26.4 Å². The Bertz CT molecular complexity index is 393. The molecule has 1 saturated heterocycles. The van der Waals surface area contributed by atoms with Gasteiger partial charge in [-0.05, 0) is 43.1 Å². The molecular weight excluding hydrogens is 297 g/mol. The van der Waals surface area contributed by atoms with E-state index < -0.39 is 6.17 Å². The zero-order chi connectivity index (χ0) is 13.0. The molecule has 0 aromatic heterocycles. The van der Waals surface area contributed by atoms with Gasteiger partial charge in [-0.3, -0.25) is 0 Å². The molecule has 1 fully saturated rings. The molecule has 1 aromatic carbocycles. The van der Waals surface area contributed by atoms with E-state index in [1.807, 2.05) is 18.2 Å². The molecule has 1 aliphatic rings. The Labute approximate surface area is 116 Å². The number of methoxy groups -OCH3 is 1. The van der Waals surface area contributed by atoms with E-state index in [4.69, 9.17) is 4.74 Å². The number of nitrogens with one attached hydrogen (secondary N) is 1. The fourth-order valence-electron chi connectivity index (χ4n) is 2.47. The molecule has 2 unspecified atom stereocenters. The van der Waals surface area contributed by atoms with Crippen LogP contribution in [0.3, 0.4) is 0 Å². The van der Waals surface area contributed by atoms with Crippen molar-refractivity contribution in [3.63, 3.8) is 0 Å². The molecule has 100 valence electrons. The predicted molar refractivity (Wildman–Crippen MR) is 74.9 cm³/mol. The summed E-state index contributed by atoms with van der Waals surface area (Å²) in [6.45, 7) is 1.81. The number of piperidine rings is 1. The lowest BCUT2D eigenvalue weighted by atomic mass is 9.91. The molecule has 0 amide bonds. The zero-order valence-corrected chi connectivity index (χ0v) is 12.2. The first-order chi connectivity index (χ1) is 8.70. The van der Waals surface area contributed by atoms with Gasteiger partial charge in [-0.2, -0.15) is 0 Å². The topological polar surface area (TPSA) is 21.3 Å². The van der Waals surface area contributed by atoms with E-state index in [1.165, 1.54) is 0 Å². The smallest absolute Gasteiger partial charge is 0.122 e. The van der Waals surface area contributed by atoms with E-state index in [9.17, 15) is 4.39 Å². The minimum Gasteiger partial charge on any atom is -0.496 e. The lowest BCUT2D eigenvalue weighted by Gasteiger charge is -2.26. The molecule has 4 heteroatoms. The van der Waals surface area contributed by atoms with Crippen LogP contribution in [0.1, 0.15) is 18.4 Å². The van der Waals surface area contributed by atoms with Crippen molar-refractivity contribution < 1.29 is 9.13 Å². The second kappa shape index (κ2) is 6.53. The summed E-state index contributed by atoms with van der Waals surface area (Å²) in [7, 11) is 1.63. The standard InChI is InChI=1S/C14H19BrFNO/c1-18-14-5-4-12(15)7-11(14)8-13(16)10-3-2-6-17-9-10/h4-5,7,10,13,17H,2-3,6,8-9H2,1H3. The summed E-state index contributed by atoms with van der Waals surface area (Å²) in [5.41, 5.74) is 0.935. The number of alkyl halides is 1. The van der Waals surface area contributed by atoms with E-state index in [-0.39, 0.29) is 5.92 Å². The van der Waals surface area contributed by atoms with Gasteiger partial charge >= 0.3 is 0 Å². The van der Waals surface area contributed by atoms with E-state index in [2.05, 4.69) is 21.2 Å². The Hall–Kier alpha value is -0.610. The number of rotatable bonds is 4. The zero-order valence-electron chi connectivity index (χ0n) is 10.6. The van der Waals surface area contributed by atoms with Crippen LogP contribution in [-0.2, 0) is 6.42 Å². The van der Waals surface area contributed by atoms with Crippen LogP contribution in [0.2, 0.25) is 0 Å². The first-order valence-corrected chi connectivity index (χ1v) is 7.17. The third-order valence-corrected chi connectivity index (χ3v) is 4.00. The lowest BCUT2D eigenvalue weighted by molar-refractivity contribution is 0.190. The molecule has 0 bridgehead atoms. The van der Waals surface area contributed by atoms with Crippen LogP contribution in [0.5, 0.6) is 5.75 Å². The van der Waals surface area contributed by atoms with Crippen LogP contribution >= 0.6 is 15.9 Å². The summed E-state index contributed by atoms with van der Waals surface area (Å²) in [6, 6.07) is 5.74. The van der Waals surface area contributed by atoms with Gasteiger partial charge in [-0.1, -0.05) is 15.9 Å². The third-order valence-electron chi connectivity index (χ3n) is 3.50. The SMILES string of the molecule is COc1ccc(Br)cc1CC(F)C1CCCNC1. The second-order valence-electron chi connectivity index (χ2n) is 4.78. The first-order valence-electron chi connectivity index (χ1n) is 6.38. The van der Waals surface area contributed by atoms with E-state index in [0.29, 0.717) is 6.42 Å². The molecule has 0 spiro atoms. The fourth-order valence-corrected chi connectivity index (χ4v) is 2.88. The predicted octanol–water partition coefficient (Wildman–Crippen LogP) is 3.34. The summed E-state index contributed by atoms with van der Waals surface area (Å²) in [6.07, 6.45) is 1.67. The maximum atomic E-state index is 14.3.